The lowest BCUT2D eigenvalue weighted by molar-refractivity contribution is 0.272. The number of thioether (sulfide) groups is 1. The molecule has 1 fully saturated rings. The van der Waals surface area contributed by atoms with Gasteiger partial charge in [-0.25, -0.2) is 0 Å². The summed E-state index contributed by atoms with van der Waals surface area (Å²) in [6, 6.07) is 10.00. The zero-order valence-corrected chi connectivity index (χ0v) is 7.01. The van der Waals surface area contributed by atoms with Crippen molar-refractivity contribution >= 4 is 11.8 Å². The quantitative estimate of drug-likeness (QED) is 0.667. The van der Waals surface area contributed by atoms with Crippen LogP contribution in [0.3, 0.4) is 0 Å². The minimum atomic E-state index is 0.414. The summed E-state index contributed by atoms with van der Waals surface area (Å²) in [6.07, 6.45) is 1.19. The van der Waals surface area contributed by atoms with E-state index in [1.54, 1.807) is 0 Å². The van der Waals surface area contributed by atoms with Gasteiger partial charge in [0, 0.05) is 12.2 Å². The fourth-order valence-electron chi connectivity index (χ4n) is 0.958. The predicted octanol–water partition coefficient (Wildman–Crippen LogP) is 2.53. The highest BCUT2D eigenvalue weighted by atomic mass is 32.2. The Morgan fingerprint density at radius 1 is 1.27 bits per heavy atom. The van der Waals surface area contributed by atoms with E-state index in [4.69, 9.17) is 4.74 Å². The third-order valence-corrected chi connectivity index (χ3v) is 2.84. The van der Waals surface area contributed by atoms with Crippen molar-refractivity contribution in [3.05, 3.63) is 30.3 Å². The highest BCUT2D eigenvalue weighted by Gasteiger charge is 2.19. The zero-order valence-electron chi connectivity index (χ0n) is 6.19. The van der Waals surface area contributed by atoms with Gasteiger partial charge in [0.1, 0.15) is 11.2 Å². The molecule has 1 aromatic carbocycles. The Labute approximate surface area is 70.8 Å². The van der Waals surface area contributed by atoms with E-state index < -0.39 is 0 Å². The molecule has 1 heterocycles. The monoisotopic (exact) mass is 166 g/mol. The summed E-state index contributed by atoms with van der Waals surface area (Å²) >= 11 is 1.88. The van der Waals surface area contributed by atoms with Gasteiger partial charge in [0.25, 0.3) is 0 Å². The summed E-state index contributed by atoms with van der Waals surface area (Å²) in [4.78, 5) is 0. The molecule has 1 saturated heterocycles. The van der Waals surface area contributed by atoms with Gasteiger partial charge in [0.2, 0.25) is 0 Å². The van der Waals surface area contributed by atoms with Crippen molar-refractivity contribution in [1.29, 1.82) is 0 Å². The Morgan fingerprint density at radius 2 is 2.00 bits per heavy atom. The predicted molar refractivity (Wildman–Crippen MR) is 47.9 cm³/mol. The van der Waals surface area contributed by atoms with E-state index in [1.165, 1.54) is 12.2 Å². The second kappa shape index (κ2) is 3.18. The van der Waals surface area contributed by atoms with Crippen LogP contribution in [0.5, 0.6) is 5.75 Å². The Morgan fingerprint density at radius 3 is 2.55 bits per heavy atom. The van der Waals surface area contributed by atoms with Gasteiger partial charge in [-0.2, -0.15) is 0 Å². The van der Waals surface area contributed by atoms with Crippen LogP contribution in [0.25, 0.3) is 0 Å². The minimum absolute atomic E-state index is 0.414. The first-order chi connectivity index (χ1) is 5.45. The van der Waals surface area contributed by atoms with Gasteiger partial charge >= 0.3 is 0 Å². The third kappa shape index (κ3) is 1.69. The zero-order chi connectivity index (χ0) is 7.52. The van der Waals surface area contributed by atoms with E-state index in [1.807, 2.05) is 42.1 Å². The van der Waals surface area contributed by atoms with Crippen molar-refractivity contribution in [2.45, 2.75) is 11.9 Å². The highest BCUT2D eigenvalue weighted by Crippen LogP contribution is 2.29. The van der Waals surface area contributed by atoms with Crippen molar-refractivity contribution in [2.24, 2.45) is 0 Å². The van der Waals surface area contributed by atoms with Gasteiger partial charge in [-0.05, 0) is 12.1 Å². The molecule has 0 saturated carbocycles. The van der Waals surface area contributed by atoms with Crippen LogP contribution in [0.1, 0.15) is 6.42 Å². The van der Waals surface area contributed by atoms with E-state index in [0.29, 0.717) is 5.44 Å². The Hall–Kier alpha value is -0.630. The van der Waals surface area contributed by atoms with Gasteiger partial charge in [-0.15, -0.1) is 11.8 Å². The molecule has 1 unspecified atom stereocenters. The van der Waals surface area contributed by atoms with Crippen molar-refractivity contribution < 1.29 is 4.74 Å². The lowest BCUT2D eigenvalue weighted by Crippen LogP contribution is -2.22. The van der Waals surface area contributed by atoms with Crippen LogP contribution in [-0.2, 0) is 0 Å². The maximum atomic E-state index is 5.61. The van der Waals surface area contributed by atoms with Gasteiger partial charge in [0.05, 0.1) is 0 Å². The first-order valence-corrected chi connectivity index (χ1v) is 4.83. The lowest BCUT2D eigenvalue weighted by Gasteiger charge is -2.25. The number of para-hydroxylation sites is 1. The van der Waals surface area contributed by atoms with Crippen LogP contribution < -0.4 is 4.74 Å². The van der Waals surface area contributed by atoms with Crippen LogP contribution in [-0.4, -0.2) is 11.2 Å². The molecule has 1 aliphatic rings. The maximum absolute atomic E-state index is 5.61. The summed E-state index contributed by atoms with van der Waals surface area (Å²) in [6.45, 7) is 0. The molecule has 0 bridgehead atoms. The van der Waals surface area contributed by atoms with Gasteiger partial charge < -0.3 is 4.74 Å². The average molecular weight is 166 g/mol. The van der Waals surface area contributed by atoms with Crippen molar-refractivity contribution in [3.63, 3.8) is 0 Å². The molecule has 1 aromatic rings. The standard InChI is InChI=1S/C9H10OS/c1-2-4-8(5-3-1)10-9-6-7-11-9/h1-5,9H,6-7H2. The van der Waals surface area contributed by atoms with Crippen molar-refractivity contribution in [2.75, 3.05) is 5.75 Å². The van der Waals surface area contributed by atoms with E-state index in [9.17, 15) is 0 Å². The normalized spacial score (nSPS) is 22.4. The minimum Gasteiger partial charge on any atom is -0.480 e. The SMILES string of the molecule is c1ccc(OC2CCS2)cc1. The van der Waals surface area contributed by atoms with Crippen LogP contribution in [0.2, 0.25) is 0 Å². The first-order valence-electron chi connectivity index (χ1n) is 3.78. The molecule has 1 atom stereocenters. The molecule has 2 rings (SSSR count). The smallest absolute Gasteiger partial charge is 0.145 e. The number of hydrogen-bond donors (Lipinski definition) is 0. The molecule has 1 aliphatic heterocycles. The fraction of sp³-hybridized carbons (Fsp3) is 0.333. The molecule has 0 aromatic heterocycles. The fourth-order valence-corrected chi connectivity index (χ4v) is 1.57. The Kier molecular flexibility index (Phi) is 2.04. The molecular formula is C9H10OS. The van der Waals surface area contributed by atoms with Gasteiger partial charge in [-0.1, -0.05) is 18.2 Å². The van der Waals surface area contributed by atoms with E-state index >= 15 is 0 Å². The van der Waals surface area contributed by atoms with Gasteiger partial charge in [0.15, 0.2) is 0 Å². The summed E-state index contributed by atoms with van der Waals surface area (Å²) in [5, 5.41) is 0. The molecule has 0 radical (unpaired) electrons. The first kappa shape index (κ1) is 7.04. The topological polar surface area (TPSA) is 9.23 Å². The maximum Gasteiger partial charge on any atom is 0.145 e. The average Bonchev–Trinajstić information content (AvgIpc) is 1.99. The second-order valence-corrected chi connectivity index (χ2v) is 3.79. The number of benzene rings is 1. The molecule has 0 spiro atoms. The molecule has 0 N–H and O–H groups in total. The molecular weight excluding hydrogens is 156 g/mol. The highest BCUT2D eigenvalue weighted by molar-refractivity contribution is 8.01. The van der Waals surface area contributed by atoms with Crippen molar-refractivity contribution in [1.82, 2.24) is 0 Å². The number of hydrogen-bond acceptors (Lipinski definition) is 2. The summed E-state index contributed by atoms with van der Waals surface area (Å²) < 4.78 is 5.61. The molecule has 0 aliphatic carbocycles. The van der Waals surface area contributed by atoms with Gasteiger partial charge in [-0.3, -0.25) is 0 Å². The second-order valence-electron chi connectivity index (χ2n) is 2.52. The number of ether oxygens (including phenoxy) is 1. The van der Waals surface area contributed by atoms with Crippen LogP contribution in [0, 0.1) is 0 Å². The molecule has 11 heavy (non-hydrogen) atoms. The van der Waals surface area contributed by atoms with Crippen LogP contribution >= 0.6 is 11.8 Å². The van der Waals surface area contributed by atoms with E-state index in [2.05, 4.69) is 0 Å². The van der Waals surface area contributed by atoms with E-state index in [0.717, 1.165) is 5.75 Å². The van der Waals surface area contributed by atoms with Crippen molar-refractivity contribution in [3.8, 4) is 5.75 Å². The molecule has 1 nitrogen and oxygen atoms in total. The summed E-state index contributed by atoms with van der Waals surface area (Å²) in [5.74, 6) is 2.24. The lowest BCUT2D eigenvalue weighted by atomic mass is 10.3. The molecule has 2 heteroatoms. The largest absolute Gasteiger partial charge is 0.480 e. The molecule has 58 valence electrons. The van der Waals surface area contributed by atoms with Crippen LogP contribution in [0.4, 0.5) is 0 Å². The summed E-state index contributed by atoms with van der Waals surface area (Å²) in [5.41, 5.74) is 0.414. The number of rotatable bonds is 2. The summed E-state index contributed by atoms with van der Waals surface area (Å²) in [7, 11) is 0. The Bertz CT molecular complexity index is 218. The third-order valence-electron chi connectivity index (χ3n) is 1.67. The van der Waals surface area contributed by atoms with E-state index in [-0.39, 0.29) is 0 Å². The van der Waals surface area contributed by atoms with Crippen LogP contribution in [0.15, 0.2) is 30.3 Å². The Balaban J connectivity index is 1.95. The molecule has 0 amide bonds.